The Morgan fingerprint density at radius 1 is 1.33 bits per heavy atom. The van der Waals surface area contributed by atoms with E-state index in [2.05, 4.69) is 10.2 Å². The van der Waals surface area contributed by atoms with Crippen molar-refractivity contribution in [1.29, 1.82) is 0 Å². The Morgan fingerprint density at radius 2 is 2.06 bits per heavy atom. The van der Waals surface area contributed by atoms with E-state index in [-0.39, 0.29) is 5.82 Å². The van der Waals surface area contributed by atoms with Crippen LogP contribution in [0.5, 0.6) is 0 Å². The minimum atomic E-state index is -4.41. The van der Waals surface area contributed by atoms with E-state index in [1.54, 1.807) is 6.92 Å². The predicted octanol–water partition coefficient (Wildman–Crippen LogP) is 2.09. The van der Waals surface area contributed by atoms with Gasteiger partial charge in [-0.3, -0.25) is 4.57 Å². The third-order valence-corrected chi connectivity index (χ3v) is 2.56. The fourth-order valence-electron chi connectivity index (χ4n) is 1.61. The van der Waals surface area contributed by atoms with Gasteiger partial charge in [0.25, 0.3) is 0 Å². The van der Waals surface area contributed by atoms with Crippen LogP contribution in [0.4, 0.5) is 13.2 Å². The lowest BCUT2D eigenvalue weighted by molar-refractivity contribution is -0.137. The number of alkyl halides is 3. The quantitative estimate of drug-likeness (QED) is 0.896. The zero-order valence-corrected chi connectivity index (χ0v) is 9.44. The number of benzene rings is 1. The van der Waals surface area contributed by atoms with Crippen molar-refractivity contribution in [2.45, 2.75) is 19.7 Å². The van der Waals surface area contributed by atoms with Crippen molar-refractivity contribution < 1.29 is 18.3 Å². The van der Waals surface area contributed by atoms with Gasteiger partial charge in [0.1, 0.15) is 12.9 Å². The van der Waals surface area contributed by atoms with Gasteiger partial charge in [-0.2, -0.15) is 13.2 Å². The van der Waals surface area contributed by atoms with E-state index in [1.807, 2.05) is 0 Å². The highest BCUT2D eigenvalue weighted by molar-refractivity contribution is 5.44. The Labute approximate surface area is 101 Å². The van der Waals surface area contributed by atoms with Crippen molar-refractivity contribution in [1.82, 2.24) is 14.8 Å². The van der Waals surface area contributed by atoms with Crippen LogP contribution in [0.2, 0.25) is 0 Å². The van der Waals surface area contributed by atoms with E-state index in [4.69, 9.17) is 5.11 Å². The maximum atomic E-state index is 12.6. The molecule has 96 valence electrons. The van der Waals surface area contributed by atoms with Crippen molar-refractivity contribution in [2.24, 2.45) is 0 Å². The first kappa shape index (κ1) is 12.6. The zero-order valence-electron chi connectivity index (χ0n) is 9.44. The molecule has 1 aromatic carbocycles. The van der Waals surface area contributed by atoms with Gasteiger partial charge in [-0.05, 0) is 24.6 Å². The van der Waals surface area contributed by atoms with E-state index >= 15 is 0 Å². The SMILES string of the molecule is Cc1ccc(C(F)(F)F)cc1-n1cnnc1CO. The molecule has 0 aliphatic heterocycles. The molecule has 0 atom stereocenters. The normalized spacial score (nSPS) is 11.8. The topological polar surface area (TPSA) is 50.9 Å². The molecule has 0 unspecified atom stereocenters. The van der Waals surface area contributed by atoms with E-state index in [0.29, 0.717) is 11.3 Å². The van der Waals surface area contributed by atoms with Crippen LogP contribution in [-0.4, -0.2) is 19.9 Å². The number of hydrogen-bond donors (Lipinski definition) is 1. The molecule has 1 aromatic heterocycles. The summed E-state index contributed by atoms with van der Waals surface area (Å²) in [6.45, 7) is 1.28. The van der Waals surface area contributed by atoms with Crippen molar-refractivity contribution in [3.8, 4) is 5.69 Å². The van der Waals surface area contributed by atoms with Gasteiger partial charge in [-0.15, -0.1) is 10.2 Å². The zero-order chi connectivity index (χ0) is 13.3. The summed E-state index contributed by atoms with van der Waals surface area (Å²) >= 11 is 0. The minimum Gasteiger partial charge on any atom is -0.388 e. The number of rotatable bonds is 2. The highest BCUT2D eigenvalue weighted by atomic mass is 19.4. The van der Waals surface area contributed by atoms with Crippen LogP contribution in [-0.2, 0) is 12.8 Å². The monoisotopic (exact) mass is 257 g/mol. The molecule has 2 aromatic rings. The first-order valence-electron chi connectivity index (χ1n) is 5.11. The number of halogens is 3. The van der Waals surface area contributed by atoms with Crippen molar-refractivity contribution in [3.63, 3.8) is 0 Å². The van der Waals surface area contributed by atoms with Crippen molar-refractivity contribution in [3.05, 3.63) is 41.5 Å². The molecule has 0 fully saturated rings. The van der Waals surface area contributed by atoms with E-state index < -0.39 is 18.3 Å². The molecule has 7 heteroatoms. The lowest BCUT2D eigenvalue weighted by Gasteiger charge is -2.12. The standard InChI is InChI=1S/C11H10F3N3O/c1-7-2-3-8(11(12,13)14)4-9(7)17-6-15-16-10(17)5-18/h2-4,6,18H,5H2,1H3. The fraction of sp³-hybridized carbons (Fsp3) is 0.273. The van der Waals surface area contributed by atoms with Gasteiger partial charge in [0.2, 0.25) is 0 Å². The molecular formula is C11H10F3N3O. The second-order valence-corrected chi connectivity index (χ2v) is 3.77. The summed E-state index contributed by atoms with van der Waals surface area (Å²) in [6.07, 6.45) is -3.14. The van der Waals surface area contributed by atoms with Gasteiger partial charge in [-0.1, -0.05) is 6.07 Å². The van der Waals surface area contributed by atoms with E-state index in [0.717, 1.165) is 12.1 Å². The average Bonchev–Trinajstić information content (AvgIpc) is 2.76. The molecule has 1 N–H and O–H groups in total. The Bertz CT molecular complexity index is 563. The molecule has 2 rings (SSSR count). The number of aliphatic hydroxyl groups is 1. The van der Waals surface area contributed by atoms with Crippen LogP contribution < -0.4 is 0 Å². The Hall–Kier alpha value is -1.89. The molecule has 4 nitrogen and oxygen atoms in total. The Kier molecular flexibility index (Phi) is 3.08. The smallest absolute Gasteiger partial charge is 0.388 e. The molecule has 0 saturated heterocycles. The van der Waals surface area contributed by atoms with Crippen LogP contribution in [0.15, 0.2) is 24.5 Å². The summed E-state index contributed by atoms with van der Waals surface area (Å²) in [5, 5.41) is 16.2. The third kappa shape index (κ3) is 2.21. The van der Waals surface area contributed by atoms with Gasteiger partial charge >= 0.3 is 6.18 Å². The Balaban J connectivity index is 2.57. The van der Waals surface area contributed by atoms with Crippen LogP contribution in [0.25, 0.3) is 5.69 Å². The molecule has 0 spiro atoms. The second kappa shape index (κ2) is 4.41. The molecule has 18 heavy (non-hydrogen) atoms. The average molecular weight is 257 g/mol. The van der Waals surface area contributed by atoms with Crippen molar-refractivity contribution >= 4 is 0 Å². The molecule has 0 aliphatic carbocycles. The van der Waals surface area contributed by atoms with E-state index in [1.165, 1.54) is 17.0 Å². The number of hydrogen-bond acceptors (Lipinski definition) is 3. The highest BCUT2D eigenvalue weighted by Crippen LogP contribution is 2.31. The first-order chi connectivity index (χ1) is 8.43. The Morgan fingerprint density at radius 3 is 2.67 bits per heavy atom. The number of aliphatic hydroxyl groups excluding tert-OH is 1. The largest absolute Gasteiger partial charge is 0.416 e. The van der Waals surface area contributed by atoms with Crippen LogP contribution in [0, 0.1) is 6.92 Å². The number of nitrogens with zero attached hydrogens (tertiary/aromatic N) is 3. The van der Waals surface area contributed by atoms with Gasteiger partial charge in [0, 0.05) is 0 Å². The van der Waals surface area contributed by atoms with Crippen LogP contribution >= 0.6 is 0 Å². The third-order valence-electron chi connectivity index (χ3n) is 2.56. The lowest BCUT2D eigenvalue weighted by Crippen LogP contribution is -2.08. The molecule has 1 heterocycles. The molecule has 0 aliphatic rings. The highest BCUT2D eigenvalue weighted by Gasteiger charge is 2.31. The summed E-state index contributed by atoms with van der Waals surface area (Å²) in [5.74, 6) is 0.192. The summed E-state index contributed by atoms with van der Waals surface area (Å²) in [6, 6.07) is 3.40. The second-order valence-electron chi connectivity index (χ2n) is 3.77. The van der Waals surface area contributed by atoms with Crippen molar-refractivity contribution in [2.75, 3.05) is 0 Å². The van der Waals surface area contributed by atoms with Gasteiger partial charge in [0.15, 0.2) is 5.82 Å². The molecular weight excluding hydrogens is 247 g/mol. The number of aromatic nitrogens is 3. The molecule has 0 radical (unpaired) electrons. The fourth-order valence-corrected chi connectivity index (χ4v) is 1.61. The van der Waals surface area contributed by atoms with Gasteiger partial charge < -0.3 is 5.11 Å². The summed E-state index contributed by atoms with van der Waals surface area (Å²) in [4.78, 5) is 0. The summed E-state index contributed by atoms with van der Waals surface area (Å²) < 4.78 is 39.2. The maximum absolute atomic E-state index is 12.6. The van der Waals surface area contributed by atoms with E-state index in [9.17, 15) is 13.2 Å². The summed E-state index contributed by atoms with van der Waals surface area (Å²) in [7, 11) is 0. The van der Waals surface area contributed by atoms with Gasteiger partial charge in [-0.25, -0.2) is 0 Å². The molecule has 0 bridgehead atoms. The molecule has 0 amide bonds. The maximum Gasteiger partial charge on any atom is 0.416 e. The lowest BCUT2D eigenvalue weighted by atomic mass is 10.1. The van der Waals surface area contributed by atoms with Crippen LogP contribution in [0.1, 0.15) is 17.0 Å². The predicted molar refractivity (Wildman–Crippen MR) is 57.0 cm³/mol. The number of aryl methyl sites for hydroxylation is 1. The van der Waals surface area contributed by atoms with Crippen LogP contribution in [0.3, 0.4) is 0 Å². The molecule has 0 saturated carbocycles. The minimum absolute atomic E-state index is 0.192. The van der Waals surface area contributed by atoms with Gasteiger partial charge in [0.05, 0.1) is 11.3 Å². The summed E-state index contributed by atoms with van der Waals surface area (Å²) in [5.41, 5.74) is 0.192. The first-order valence-corrected chi connectivity index (χ1v) is 5.11.